The molecule has 20 heavy (non-hydrogen) atoms. The van der Waals surface area contributed by atoms with Crippen molar-refractivity contribution in [3.8, 4) is 6.07 Å². The van der Waals surface area contributed by atoms with Crippen molar-refractivity contribution < 1.29 is 8.42 Å². The van der Waals surface area contributed by atoms with Crippen LogP contribution in [-0.2, 0) is 15.8 Å². The summed E-state index contributed by atoms with van der Waals surface area (Å²) in [5.74, 6) is -0.142. The minimum atomic E-state index is -3.42. The first-order valence-electron chi connectivity index (χ1n) is 6.67. The Hall–Kier alpha value is -1.42. The van der Waals surface area contributed by atoms with E-state index in [0.717, 1.165) is 25.9 Å². The van der Waals surface area contributed by atoms with Crippen molar-refractivity contribution in [2.45, 2.75) is 24.6 Å². The molecule has 6 heteroatoms. The molecule has 1 N–H and O–H groups in total. The van der Waals surface area contributed by atoms with Crippen molar-refractivity contribution in [2.24, 2.45) is 0 Å². The van der Waals surface area contributed by atoms with Gasteiger partial charge in [-0.05, 0) is 38.1 Å². The average Bonchev–Trinajstić information content (AvgIpc) is 2.38. The number of nitrogens with one attached hydrogen (secondary N) is 1. The highest BCUT2D eigenvalue weighted by Gasteiger charge is 2.23. The van der Waals surface area contributed by atoms with Crippen LogP contribution in [0.25, 0.3) is 0 Å². The van der Waals surface area contributed by atoms with Crippen LogP contribution in [0.15, 0.2) is 24.3 Å². The fraction of sp³-hybridized carbons (Fsp3) is 0.500. The molecular weight excluding hydrogens is 274 g/mol. The van der Waals surface area contributed by atoms with Crippen LogP contribution in [0.4, 0.5) is 0 Å². The molecule has 1 aliphatic heterocycles. The molecule has 1 atom stereocenters. The van der Waals surface area contributed by atoms with E-state index in [4.69, 9.17) is 5.26 Å². The van der Waals surface area contributed by atoms with E-state index >= 15 is 0 Å². The third kappa shape index (κ3) is 4.04. The summed E-state index contributed by atoms with van der Waals surface area (Å²) in [5.41, 5.74) is 0.963. The van der Waals surface area contributed by atoms with Crippen molar-refractivity contribution >= 4 is 10.0 Å². The summed E-state index contributed by atoms with van der Waals surface area (Å²) in [4.78, 5) is 2.12. The fourth-order valence-corrected chi connectivity index (χ4v) is 3.96. The lowest BCUT2D eigenvalue weighted by Crippen LogP contribution is -2.46. The predicted molar refractivity (Wildman–Crippen MR) is 77.4 cm³/mol. The van der Waals surface area contributed by atoms with Gasteiger partial charge in [0, 0.05) is 12.6 Å². The molecule has 1 aromatic carbocycles. The number of piperidine rings is 1. The lowest BCUT2D eigenvalue weighted by Gasteiger charge is -2.30. The Morgan fingerprint density at radius 3 is 2.90 bits per heavy atom. The molecule has 1 aromatic rings. The Kier molecular flexibility index (Phi) is 4.76. The second-order valence-electron chi connectivity index (χ2n) is 5.25. The lowest BCUT2D eigenvalue weighted by atomic mass is 10.1. The van der Waals surface area contributed by atoms with Crippen LogP contribution in [-0.4, -0.2) is 39.5 Å². The minimum Gasteiger partial charge on any atom is -0.305 e. The smallest absolute Gasteiger partial charge is 0.216 e. The Morgan fingerprint density at radius 2 is 2.20 bits per heavy atom. The summed E-state index contributed by atoms with van der Waals surface area (Å²) in [6, 6.07) is 8.80. The number of nitrogens with zero attached hydrogens (tertiary/aromatic N) is 2. The molecule has 5 nitrogen and oxygen atoms in total. The second kappa shape index (κ2) is 6.35. The zero-order valence-electron chi connectivity index (χ0n) is 11.5. The van der Waals surface area contributed by atoms with Gasteiger partial charge in [0.05, 0.1) is 17.4 Å². The highest BCUT2D eigenvalue weighted by molar-refractivity contribution is 7.88. The molecule has 0 radical (unpaired) electrons. The van der Waals surface area contributed by atoms with Crippen molar-refractivity contribution in [2.75, 3.05) is 20.1 Å². The maximum atomic E-state index is 12.2. The molecule has 0 amide bonds. The molecule has 1 saturated heterocycles. The molecule has 108 valence electrons. The maximum Gasteiger partial charge on any atom is 0.216 e. The molecule has 0 aromatic heterocycles. The predicted octanol–water partition coefficient (Wildman–Crippen LogP) is 1.07. The zero-order valence-corrected chi connectivity index (χ0v) is 12.4. The van der Waals surface area contributed by atoms with Gasteiger partial charge in [-0.3, -0.25) is 0 Å². The summed E-state index contributed by atoms with van der Waals surface area (Å²) in [7, 11) is -1.43. The van der Waals surface area contributed by atoms with Crippen LogP contribution in [0.1, 0.15) is 24.0 Å². The highest BCUT2D eigenvalue weighted by atomic mass is 32.2. The molecule has 0 spiro atoms. The summed E-state index contributed by atoms with van der Waals surface area (Å²) < 4.78 is 27.2. The van der Waals surface area contributed by atoms with Gasteiger partial charge >= 0.3 is 0 Å². The number of hydrogen-bond donors (Lipinski definition) is 1. The number of rotatable bonds is 4. The summed E-state index contributed by atoms with van der Waals surface area (Å²) in [6.07, 6.45) is 1.86. The Labute approximate surface area is 120 Å². The third-order valence-corrected chi connectivity index (χ3v) is 4.84. The van der Waals surface area contributed by atoms with E-state index in [2.05, 4.69) is 9.62 Å². The Morgan fingerprint density at radius 1 is 1.45 bits per heavy atom. The molecule has 1 aliphatic rings. The maximum absolute atomic E-state index is 12.2. The quantitative estimate of drug-likeness (QED) is 0.901. The van der Waals surface area contributed by atoms with Gasteiger partial charge in [0.15, 0.2) is 0 Å². The summed E-state index contributed by atoms with van der Waals surface area (Å²) in [5, 5.41) is 9.00. The van der Waals surface area contributed by atoms with E-state index in [0.29, 0.717) is 11.1 Å². The van der Waals surface area contributed by atoms with Gasteiger partial charge in [-0.1, -0.05) is 18.2 Å². The standard InChI is InChI=1S/C14H19N3O2S/c1-17-8-4-7-14(10-17)16-20(18,19)11-13-6-3-2-5-12(13)9-15/h2-3,5-6,14,16H,4,7-8,10-11H2,1H3. The SMILES string of the molecule is CN1CCCC(NS(=O)(=O)Cc2ccccc2C#N)C1. The van der Waals surface area contributed by atoms with E-state index in [1.165, 1.54) is 0 Å². The lowest BCUT2D eigenvalue weighted by molar-refractivity contribution is 0.242. The van der Waals surface area contributed by atoms with Crippen molar-refractivity contribution in [1.82, 2.24) is 9.62 Å². The molecular formula is C14H19N3O2S. The minimum absolute atomic E-state index is 0.0343. The summed E-state index contributed by atoms with van der Waals surface area (Å²) >= 11 is 0. The Balaban J connectivity index is 2.06. The molecule has 0 saturated carbocycles. The van der Waals surface area contributed by atoms with E-state index < -0.39 is 10.0 Å². The monoisotopic (exact) mass is 293 g/mol. The fourth-order valence-electron chi connectivity index (χ4n) is 2.52. The molecule has 0 bridgehead atoms. The normalized spacial score (nSPS) is 20.5. The van der Waals surface area contributed by atoms with Crippen LogP contribution in [0.5, 0.6) is 0 Å². The van der Waals surface area contributed by atoms with Crippen LogP contribution in [0.3, 0.4) is 0 Å². The number of sulfonamides is 1. The van der Waals surface area contributed by atoms with Gasteiger partial charge in [0.1, 0.15) is 0 Å². The second-order valence-corrected chi connectivity index (χ2v) is 7.00. The van der Waals surface area contributed by atoms with Gasteiger partial charge in [-0.25, -0.2) is 13.1 Å². The summed E-state index contributed by atoms with van der Waals surface area (Å²) in [6.45, 7) is 1.74. The van der Waals surface area contributed by atoms with Crippen molar-refractivity contribution in [3.05, 3.63) is 35.4 Å². The van der Waals surface area contributed by atoms with Crippen molar-refractivity contribution in [1.29, 1.82) is 5.26 Å². The molecule has 1 fully saturated rings. The molecule has 1 unspecified atom stereocenters. The number of benzene rings is 1. The molecule has 1 heterocycles. The van der Waals surface area contributed by atoms with Crippen LogP contribution < -0.4 is 4.72 Å². The van der Waals surface area contributed by atoms with E-state index in [-0.39, 0.29) is 11.8 Å². The number of likely N-dealkylation sites (N-methyl/N-ethyl adjacent to an activating group) is 1. The topological polar surface area (TPSA) is 73.2 Å². The third-order valence-electron chi connectivity index (χ3n) is 3.45. The molecule has 2 rings (SSSR count). The first-order valence-corrected chi connectivity index (χ1v) is 8.32. The van der Waals surface area contributed by atoms with Gasteiger partial charge < -0.3 is 4.90 Å². The Bertz CT molecular complexity index is 607. The number of hydrogen-bond acceptors (Lipinski definition) is 4. The van der Waals surface area contributed by atoms with E-state index in [9.17, 15) is 8.42 Å². The zero-order chi connectivity index (χ0) is 14.6. The van der Waals surface area contributed by atoms with Gasteiger partial charge in [0.2, 0.25) is 10.0 Å². The largest absolute Gasteiger partial charge is 0.305 e. The van der Waals surface area contributed by atoms with Gasteiger partial charge in [0.25, 0.3) is 0 Å². The first-order chi connectivity index (χ1) is 9.50. The first kappa shape index (κ1) is 15.0. The van der Waals surface area contributed by atoms with Crippen LogP contribution in [0, 0.1) is 11.3 Å². The number of likely N-dealkylation sites (tertiary alicyclic amines) is 1. The van der Waals surface area contributed by atoms with Crippen molar-refractivity contribution in [3.63, 3.8) is 0 Å². The van der Waals surface area contributed by atoms with Gasteiger partial charge in [-0.15, -0.1) is 0 Å². The average molecular weight is 293 g/mol. The van der Waals surface area contributed by atoms with Crippen LogP contribution in [0.2, 0.25) is 0 Å². The van der Waals surface area contributed by atoms with E-state index in [1.807, 2.05) is 13.1 Å². The van der Waals surface area contributed by atoms with E-state index in [1.54, 1.807) is 24.3 Å². The number of nitriles is 1. The highest BCUT2D eigenvalue weighted by Crippen LogP contribution is 2.13. The van der Waals surface area contributed by atoms with Gasteiger partial charge in [-0.2, -0.15) is 5.26 Å². The van der Waals surface area contributed by atoms with Crippen LogP contribution >= 0.6 is 0 Å². The molecule has 0 aliphatic carbocycles.